The number of hydrogen-bond acceptors (Lipinski definition) is 6. The second-order valence-corrected chi connectivity index (χ2v) is 9.09. The number of aromatic nitrogens is 2. The molecule has 0 aliphatic carbocycles. The summed E-state index contributed by atoms with van der Waals surface area (Å²) in [7, 11) is 1.67. The first-order chi connectivity index (χ1) is 16.5. The molecule has 0 unspecified atom stereocenters. The number of ether oxygens (including phenoxy) is 3. The molecule has 7 heteroatoms. The predicted octanol–water partition coefficient (Wildman–Crippen LogP) is 4.08. The van der Waals surface area contributed by atoms with Gasteiger partial charge in [0.1, 0.15) is 18.0 Å². The number of nitrogens with zero attached hydrogens (tertiary/aromatic N) is 3. The molecule has 0 radical (unpaired) electrons. The summed E-state index contributed by atoms with van der Waals surface area (Å²) in [6, 6.07) is 14.1. The number of aryl methyl sites for hydroxylation is 2. The van der Waals surface area contributed by atoms with Crippen LogP contribution < -0.4 is 14.2 Å². The van der Waals surface area contributed by atoms with E-state index < -0.39 is 5.60 Å². The van der Waals surface area contributed by atoms with Gasteiger partial charge in [0, 0.05) is 38.6 Å². The molecule has 1 saturated heterocycles. The average Bonchev–Trinajstić information content (AvgIpc) is 3.37. The Hall–Kier alpha value is -3.03. The number of imidazole rings is 1. The van der Waals surface area contributed by atoms with Gasteiger partial charge in [0.15, 0.2) is 11.5 Å². The van der Waals surface area contributed by atoms with Gasteiger partial charge in [0.2, 0.25) is 0 Å². The van der Waals surface area contributed by atoms with Gasteiger partial charge in [-0.2, -0.15) is 0 Å². The molecule has 4 rings (SSSR count). The third-order valence-corrected chi connectivity index (χ3v) is 6.33. The van der Waals surface area contributed by atoms with E-state index >= 15 is 0 Å². The Kier molecular flexibility index (Phi) is 8.08. The van der Waals surface area contributed by atoms with Crippen LogP contribution in [0.3, 0.4) is 0 Å². The smallest absolute Gasteiger partial charge is 0.161 e. The quantitative estimate of drug-likeness (QED) is 0.431. The van der Waals surface area contributed by atoms with Crippen molar-refractivity contribution in [3.63, 3.8) is 0 Å². The van der Waals surface area contributed by atoms with Crippen molar-refractivity contribution in [1.29, 1.82) is 0 Å². The lowest BCUT2D eigenvalue weighted by Gasteiger charge is -2.38. The van der Waals surface area contributed by atoms with Gasteiger partial charge in [-0.25, -0.2) is 4.98 Å². The molecular weight excluding hydrogens is 430 g/mol. The molecule has 2 heterocycles. The van der Waals surface area contributed by atoms with Gasteiger partial charge in [-0.3, -0.25) is 4.90 Å². The summed E-state index contributed by atoms with van der Waals surface area (Å²) >= 11 is 0. The molecule has 2 aromatic carbocycles. The predicted molar refractivity (Wildman–Crippen MR) is 131 cm³/mol. The van der Waals surface area contributed by atoms with Crippen molar-refractivity contribution in [2.75, 3.05) is 33.4 Å². The molecule has 0 atom stereocenters. The maximum atomic E-state index is 11.0. The number of methoxy groups -OCH3 is 1. The lowest BCUT2D eigenvalue weighted by molar-refractivity contribution is -0.0537. The number of rotatable bonds is 11. The van der Waals surface area contributed by atoms with Crippen LogP contribution in [0.1, 0.15) is 30.4 Å². The van der Waals surface area contributed by atoms with Crippen molar-refractivity contribution in [2.45, 2.75) is 44.9 Å². The Morgan fingerprint density at radius 1 is 1.03 bits per heavy atom. The second kappa shape index (κ2) is 11.4. The van der Waals surface area contributed by atoms with Crippen LogP contribution in [0.15, 0.2) is 61.2 Å². The van der Waals surface area contributed by atoms with Crippen LogP contribution in [0, 0.1) is 6.92 Å². The normalized spacial score (nSPS) is 15.7. The zero-order valence-corrected chi connectivity index (χ0v) is 20.2. The Labute approximate surface area is 201 Å². The van der Waals surface area contributed by atoms with E-state index in [1.807, 2.05) is 60.4 Å². The monoisotopic (exact) mass is 465 g/mol. The number of hydrogen-bond donors (Lipinski definition) is 1. The molecule has 0 spiro atoms. The molecule has 1 aromatic heterocycles. The van der Waals surface area contributed by atoms with Crippen LogP contribution in [0.2, 0.25) is 0 Å². The summed E-state index contributed by atoms with van der Waals surface area (Å²) in [6.45, 7) is 6.32. The highest BCUT2D eigenvalue weighted by Crippen LogP contribution is 2.30. The molecule has 0 bridgehead atoms. The SMILES string of the molecule is COc1cc(CN2CCC(O)(COc3ccc(C)cc3)CC2)ccc1OCCCn1ccnc1. The molecule has 1 N–H and O–H groups in total. The third-order valence-electron chi connectivity index (χ3n) is 6.33. The first-order valence-electron chi connectivity index (χ1n) is 11.9. The Morgan fingerprint density at radius 3 is 2.53 bits per heavy atom. The van der Waals surface area contributed by atoms with E-state index in [4.69, 9.17) is 14.2 Å². The first kappa shape index (κ1) is 24.1. The molecule has 34 heavy (non-hydrogen) atoms. The standard InChI is InChI=1S/C27H35N3O4/c1-22-4-7-24(8-5-22)34-20-27(31)10-14-29(15-11-27)19-23-6-9-25(26(18-23)32-2)33-17-3-13-30-16-12-28-21-30/h4-9,12,16,18,21,31H,3,10-11,13-15,17,19-20H2,1-2H3. The molecule has 7 nitrogen and oxygen atoms in total. The maximum Gasteiger partial charge on any atom is 0.161 e. The van der Waals surface area contributed by atoms with Crippen molar-refractivity contribution in [3.05, 3.63) is 72.3 Å². The summed E-state index contributed by atoms with van der Waals surface area (Å²) < 4.78 is 19.4. The van der Waals surface area contributed by atoms with E-state index in [1.165, 1.54) is 11.1 Å². The average molecular weight is 466 g/mol. The second-order valence-electron chi connectivity index (χ2n) is 9.09. The zero-order chi connectivity index (χ0) is 23.8. The van der Waals surface area contributed by atoms with Gasteiger partial charge in [-0.1, -0.05) is 23.8 Å². The van der Waals surface area contributed by atoms with Gasteiger partial charge in [0.25, 0.3) is 0 Å². The molecule has 1 aliphatic heterocycles. The van der Waals surface area contributed by atoms with E-state index in [1.54, 1.807) is 13.3 Å². The van der Waals surface area contributed by atoms with Crippen molar-refractivity contribution in [3.8, 4) is 17.2 Å². The van der Waals surface area contributed by atoms with Crippen LogP contribution in [-0.2, 0) is 13.1 Å². The van der Waals surface area contributed by atoms with Crippen LogP contribution in [0.4, 0.5) is 0 Å². The van der Waals surface area contributed by atoms with E-state index in [0.717, 1.165) is 49.8 Å². The molecule has 1 fully saturated rings. The highest BCUT2D eigenvalue weighted by molar-refractivity contribution is 5.43. The van der Waals surface area contributed by atoms with Gasteiger partial charge in [-0.05, 0) is 56.0 Å². The van der Waals surface area contributed by atoms with E-state index in [2.05, 4.69) is 16.0 Å². The minimum atomic E-state index is -0.784. The van der Waals surface area contributed by atoms with E-state index in [9.17, 15) is 5.11 Å². The van der Waals surface area contributed by atoms with Crippen LogP contribution >= 0.6 is 0 Å². The Bertz CT molecular complexity index is 1010. The number of aliphatic hydroxyl groups is 1. The van der Waals surface area contributed by atoms with Crippen molar-refractivity contribution in [1.82, 2.24) is 14.5 Å². The fourth-order valence-corrected chi connectivity index (χ4v) is 4.16. The minimum Gasteiger partial charge on any atom is -0.493 e. The lowest BCUT2D eigenvalue weighted by Crippen LogP contribution is -2.47. The highest BCUT2D eigenvalue weighted by Gasteiger charge is 2.33. The van der Waals surface area contributed by atoms with Gasteiger partial charge < -0.3 is 23.9 Å². The Morgan fingerprint density at radius 2 is 1.82 bits per heavy atom. The van der Waals surface area contributed by atoms with Crippen LogP contribution in [-0.4, -0.2) is 58.6 Å². The summed E-state index contributed by atoms with van der Waals surface area (Å²) in [6.07, 6.45) is 7.82. The number of piperidine rings is 1. The fraction of sp³-hybridized carbons (Fsp3) is 0.444. The summed E-state index contributed by atoms with van der Waals surface area (Å²) in [5, 5.41) is 11.0. The van der Waals surface area contributed by atoms with Crippen molar-refractivity contribution in [2.24, 2.45) is 0 Å². The van der Waals surface area contributed by atoms with E-state index in [-0.39, 0.29) is 0 Å². The number of likely N-dealkylation sites (tertiary alicyclic amines) is 1. The maximum absolute atomic E-state index is 11.0. The fourth-order valence-electron chi connectivity index (χ4n) is 4.16. The summed E-state index contributed by atoms with van der Waals surface area (Å²) in [4.78, 5) is 6.42. The largest absolute Gasteiger partial charge is 0.493 e. The third kappa shape index (κ3) is 6.74. The molecule has 0 amide bonds. The number of benzene rings is 2. The van der Waals surface area contributed by atoms with Crippen LogP contribution in [0.25, 0.3) is 0 Å². The Balaban J connectivity index is 1.23. The van der Waals surface area contributed by atoms with Crippen molar-refractivity contribution < 1.29 is 19.3 Å². The van der Waals surface area contributed by atoms with Gasteiger partial charge in [-0.15, -0.1) is 0 Å². The van der Waals surface area contributed by atoms with Gasteiger partial charge >= 0.3 is 0 Å². The molecule has 0 saturated carbocycles. The van der Waals surface area contributed by atoms with Crippen LogP contribution in [0.5, 0.6) is 17.2 Å². The first-order valence-corrected chi connectivity index (χ1v) is 11.9. The zero-order valence-electron chi connectivity index (χ0n) is 20.2. The molecule has 1 aliphatic rings. The molecule has 3 aromatic rings. The minimum absolute atomic E-state index is 0.324. The summed E-state index contributed by atoms with van der Waals surface area (Å²) in [5.74, 6) is 2.32. The molecular formula is C27H35N3O4. The highest BCUT2D eigenvalue weighted by atomic mass is 16.5. The summed E-state index contributed by atoms with van der Waals surface area (Å²) in [5.41, 5.74) is 1.58. The molecule has 182 valence electrons. The van der Waals surface area contributed by atoms with Crippen molar-refractivity contribution >= 4 is 0 Å². The van der Waals surface area contributed by atoms with E-state index in [0.29, 0.717) is 26.1 Å². The topological polar surface area (TPSA) is 69.0 Å². The lowest BCUT2D eigenvalue weighted by atomic mass is 9.92. The van der Waals surface area contributed by atoms with Gasteiger partial charge in [0.05, 0.1) is 20.0 Å².